The molecule has 130 valence electrons. The number of amides is 1. The highest BCUT2D eigenvalue weighted by molar-refractivity contribution is 7.89. The molecule has 0 saturated carbocycles. The Labute approximate surface area is 145 Å². The Morgan fingerprint density at radius 3 is 2.71 bits per heavy atom. The summed E-state index contributed by atoms with van der Waals surface area (Å²) >= 11 is 1.12. The van der Waals surface area contributed by atoms with Gasteiger partial charge in [-0.05, 0) is 30.2 Å². The van der Waals surface area contributed by atoms with Crippen LogP contribution >= 0.6 is 11.3 Å². The Balaban J connectivity index is 1.82. The second-order valence-electron chi connectivity index (χ2n) is 6.04. The van der Waals surface area contributed by atoms with Crippen molar-refractivity contribution in [1.82, 2.24) is 14.5 Å². The predicted octanol–water partition coefficient (Wildman–Crippen LogP) is 2.63. The Kier molecular flexibility index (Phi) is 4.75. The Bertz CT molecular complexity index is 833. The van der Waals surface area contributed by atoms with Gasteiger partial charge in [0.25, 0.3) is 5.91 Å². The fraction of sp³-hybridized carbons (Fsp3) is 0.467. The molecular weight excluding hydrogens is 348 g/mol. The summed E-state index contributed by atoms with van der Waals surface area (Å²) in [4.78, 5) is 12.8. The molecule has 0 radical (unpaired) electrons. The molecule has 24 heavy (non-hydrogen) atoms. The summed E-state index contributed by atoms with van der Waals surface area (Å²) in [7, 11) is -3.62. The molecule has 3 rings (SSSR count). The van der Waals surface area contributed by atoms with Gasteiger partial charge in [-0.25, -0.2) is 8.42 Å². The van der Waals surface area contributed by atoms with Crippen molar-refractivity contribution < 1.29 is 13.2 Å². The highest BCUT2D eigenvalue weighted by Gasteiger charge is 2.32. The minimum atomic E-state index is -3.62. The minimum Gasteiger partial charge on any atom is -0.304 e. The maximum absolute atomic E-state index is 12.7. The smallest absolute Gasteiger partial charge is 0.268 e. The molecule has 1 fully saturated rings. The fourth-order valence-corrected chi connectivity index (χ4v) is 5.42. The molecule has 1 saturated heterocycles. The molecule has 0 spiro atoms. The van der Waals surface area contributed by atoms with Crippen molar-refractivity contribution in [3.05, 3.63) is 28.1 Å². The van der Waals surface area contributed by atoms with Crippen LogP contribution in [-0.4, -0.2) is 41.9 Å². The molecule has 2 aromatic rings. The maximum atomic E-state index is 12.7. The van der Waals surface area contributed by atoms with E-state index in [4.69, 9.17) is 0 Å². The second kappa shape index (κ2) is 6.66. The van der Waals surface area contributed by atoms with Gasteiger partial charge in [-0.2, -0.15) is 9.40 Å². The van der Waals surface area contributed by atoms with Crippen LogP contribution in [0.5, 0.6) is 0 Å². The number of sulfonamides is 1. The summed E-state index contributed by atoms with van der Waals surface area (Å²) in [6, 6.07) is 3.25. The lowest BCUT2D eigenvalue weighted by molar-refractivity contribution is 0.102. The largest absolute Gasteiger partial charge is 0.304 e. The molecule has 3 heterocycles. The van der Waals surface area contributed by atoms with Gasteiger partial charge in [0, 0.05) is 24.8 Å². The molecule has 0 unspecified atom stereocenters. The number of carbonyl (C=O) groups is 1. The molecule has 2 N–H and O–H groups in total. The maximum Gasteiger partial charge on any atom is 0.268 e. The first-order chi connectivity index (χ1) is 11.4. The Morgan fingerprint density at radius 1 is 1.38 bits per heavy atom. The lowest BCUT2D eigenvalue weighted by Gasteiger charge is -2.15. The van der Waals surface area contributed by atoms with Crippen LogP contribution in [0.25, 0.3) is 0 Å². The molecule has 1 aliphatic heterocycles. The van der Waals surface area contributed by atoms with Crippen molar-refractivity contribution in [1.29, 1.82) is 0 Å². The summed E-state index contributed by atoms with van der Waals surface area (Å²) in [5, 5.41) is 11.2. The summed E-state index contributed by atoms with van der Waals surface area (Å²) in [6.45, 7) is 5.05. The number of hydrogen-bond donors (Lipinski definition) is 2. The average Bonchev–Trinajstić information content (AvgIpc) is 3.27. The van der Waals surface area contributed by atoms with Gasteiger partial charge >= 0.3 is 0 Å². The van der Waals surface area contributed by atoms with Gasteiger partial charge in [0.15, 0.2) is 5.82 Å². The molecule has 9 heteroatoms. The summed E-state index contributed by atoms with van der Waals surface area (Å²) in [6.07, 6.45) is 1.71. The predicted molar refractivity (Wildman–Crippen MR) is 92.9 cm³/mol. The lowest BCUT2D eigenvalue weighted by atomic mass is 10.1. The number of thiophene rings is 1. The Hall–Kier alpha value is -1.71. The molecule has 0 aromatic carbocycles. The van der Waals surface area contributed by atoms with Crippen molar-refractivity contribution in [2.24, 2.45) is 0 Å². The van der Waals surface area contributed by atoms with Crippen LogP contribution < -0.4 is 5.32 Å². The highest BCUT2D eigenvalue weighted by atomic mass is 32.2. The number of aromatic amines is 1. The number of carbonyl (C=O) groups excluding carboxylic acids is 1. The van der Waals surface area contributed by atoms with Gasteiger partial charge in [0.2, 0.25) is 10.0 Å². The van der Waals surface area contributed by atoms with E-state index >= 15 is 0 Å². The van der Waals surface area contributed by atoms with Crippen LogP contribution in [0.3, 0.4) is 0 Å². The molecular formula is C15H20N4O3S2. The van der Waals surface area contributed by atoms with Crippen molar-refractivity contribution in [2.75, 3.05) is 18.4 Å². The molecule has 0 bridgehead atoms. The molecule has 7 nitrogen and oxygen atoms in total. The Morgan fingerprint density at radius 2 is 2.08 bits per heavy atom. The first-order valence-corrected chi connectivity index (χ1v) is 10.2. The van der Waals surface area contributed by atoms with E-state index < -0.39 is 15.9 Å². The lowest BCUT2D eigenvalue weighted by Crippen LogP contribution is -2.29. The quantitative estimate of drug-likeness (QED) is 0.848. The van der Waals surface area contributed by atoms with E-state index in [0.717, 1.165) is 29.9 Å². The summed E-state index contributed by atoms with van der Waals surface area (Å²) in [5.74, 6) is 0.196. The minimum absolute atomic E-state index is 0.0755. The van der Waals surface area contributed by atoms with Crippen molar-refractivity contribution in [3.63, 3.8) is 0 Å². The molecule has 2 aromatic heterocycles. The normalized spacial score (nSPS) is 16.0. The van der Waals surface area contributed by atoms with E-state index in [9.17, 15) is 13.2 Å². The monoisotopic (exact) mass is 368 g/mol. The van der Waals surface area contributed by atoms with Crippen LogP contribution in [0.4, 0.5) is 5.82 Å². The van der Waals surface area contributed by atoms with E-state index in [-0.39, 0.29) is 15.7 Å². The van der Waals surface area contributed by atoms with E-state index in [2.05, 4.69) is 15.5 Å². The zero-order valence-electron chi connectivity index (χ0n) is 13.6. The highest BCUT2D eigenvalue weighted by Crippen LogP contribution is 2.28. The van der Waals surface area contributed by atoms with Crippen molar-refractivity contribution in [3.8, 4) is 0 Å². The van der Waals surface area contributed by atoms with Crippen LogP contribution in [0.15, 0.2) is 22.4 Å². The third-order valence-electron chi connectivity index (χ3n) is 3.98. The number of rotatable bonds is 5. The standard InChI is InChI=1S/C15H20N4O3S2/c1-10(2)11-9-13(18-17-11)16-15(20)14-12(5-8-23-14)24(21,22)19-6-3-4-7-19/h5,8-10H,3-4,6-7H2,1-2H3,(H2,16,17,18,20). The van der Waals surface area contributed by atoms with Gasteiger partial charge in [-0.1, -0.05) is 13.8 Å². The molecule has 0 aliphatic carbocycles. The van der Waals surface area contributed by atoms with E-state index in [0.29, 0.717) is 18.9 Å². The third-order valence-corrected chi connectivity index (χ3v) is 6.96. The number of aromatic nitrogens is 2. The molecule has 1 aliphatic rings. The second-order valence-corrected chi connectivity index (χ2v) is 8.86. The zero-order chi connectivity index (χ0) is 17.3. The first kappa shape index (κ1) is 17.1. The summed E-state index contributed by atoms with van der Waals surface area (Å²) < 4.78 is 26.8. The number of anilines is 1. The zero-order valence-corrected chi connectivity index (χ0v) is 15.2. The van der Waals surface area contributed by atoms with Crippen LogP contribution in [0.2, 0.25) is 0 Å². The van der Waals surface area contributed by atoms with Gasteiger partial charge in [0.05, 0.1) is 0 Å². The first-order valence-electron chi connectivity index (χ1n) is 7.84. The number of nitrogens with one attached hydrogen (secondary N) is 2. The fourth-order valence-electron chi connectivity index (χ4n) is 2.60. The topological polar surface area (TPSA) is 95.2 Å². The van der Waals surface area contributed by atoms with Crippen molar-refractivity contribution >= 4 is 33.1 Å². The van der Waals surface area contributed by atoms with E-state index in [1.807, 2.05) is 13.8 Å². The average molecular weight is 368 g/mol. The molecule has 1 amide bonds. The number of H-pyrrole nitrogens is 1. The third kappa shape index (κ3) is 3.24. The summed E-state index contributed by atoms with van der Waals surface area (Å²) in [5.41, 5.74) is 0.904. The number of hydrogen-bond acceptors (Lipinski definition) is 5. The molecule has 0 atom stereocenters. The van der Waals surface area contributed by atoms with Gasteiger partial charge in [-0.15, -0.1) is 11.3 Å². The van der Waals surface area contributed by atoms with Gasteiger partial charge in [-0.3, -0.25) is 9.89 Å². The van der Waals surface area contributed by atoms with Gasteiger partial charge in [0.1, 0.15) is 9.77 Å². The van der Waals surface area contributed by atoms with Crippen LogP contribution in [0.1, 0.15) is 48.0 Å². The van der Waals surface area contributed by atoms with Gasteiger partial charge < -0.3 is 5.32 Å². The SMILES string of the molecule is CC(C)c1cc(NC(=O)c2sccc2S(=O)(=O)N2CCCC2)n[nH]1. The number of nitrogens with zero attached hydrogens (tertiary/aromatic N) is 2. The van der Waals surface area contributed by atoms with Crippen LogP contribution in [-0.2, 0) is 10.0 Å². The van der Waals surface area contributed by atoms with Crippen LogP contribution in [0, 0.1) is 0 Å². The van der Waals surface area contributed by atoms with E-state index in [1.54, 1.807) is 11.4 Å². The van der Waals surface area contributed by atoms with Crippen molar-refractivity contribution in [2.45, 2.75) is 37.5 Å². The van der Waals surface area contributed by atoms with E-state index in [1.165, 1.54) is 10.4 Å².